The molecule has 0 fully saturated rings. The van der Waals surface area contributed by atoms with Gasteiger partial charge in [-0.25, -0.2) is 0 Å². The number of nitrogens with zero attached hydrogens (tertiary/aromatic N) is 1. The Labute approximate surface area is 105 Å². The van der Waals surface area contributed by atoms with Gasteiger partial charge in [-0.2, -0.15) is 0 Å². The number of hydrogen-bond donors (Lipinski definition) is 1. The fourth-order valence-electron chi connectivity index (χ4n) is 2.03. The first-order valence-electron chi connectivity index (χ1n) is 6.08. The van der Waals surface area contributed by atoms with Gasteiger partial charge < -0.3 is 10.5 Å². The highest BCUT2D eigenvalue weighted by molar-refractivity contribution is 5.29. The van der Waals surface area contributed by atoms with Crippen LogP contribution in [0.4, 0.5) is 0 Å². The molecule has 17 heavy (non-hydrogen) atoms. The van der Waals surface area contributed by atoms with Crippen LogP contribution in [0.1, 0.15) is 32.4 Å². The number of methoxy groups -OCH3 is 1. The van der Waals surface area contributed by atoms with Crippen molar-refractivity contribution < 1.29 is 4.74 Å². The zero-order valence-corrected chi connectivity index (χ0v) is 11.5. The van der Waals surface area contributed by atoms with Gasteiger partial charge in [-0.15, -0.1) is 0 Å². The summed E-state index contributed by atoms with van der Waals surface area (Å²) in [5.41, 5.74) is 7.34. The number of likely N-dealkylation sites (N-methyl/N-ethyl adjacent to an activating group) is 1. The Balaban J connectivity index is 2.97. The monoisotopic (exact) mass is 236 g/mol. The molecule has 0 aliphatic rings. The Morgan fingerprint density at radius 3 is 2.00 bits per heavy atom. The maximum absolute atomic E-state index is 6.11. The second kappa shape index (κ2) is 6.03. The zero-order chi connectivity index (χ0) is 13.0. The standard InChI is InChI=1S/C14H24N2O/c1-10(2)16(4)14(11(3)15)12-6-8-13(17-5)9-7-12/h6-11,14H,15H2,1-5H3. The molecule has 2 atom stereocenters. The van der Waals surface area contributed by atoms with Crippen LogP contribution in [0.3, 0.4) is 0 Å². The van der Waals surface area contributed by atoms with E-state index in [2.05, 4.69) is 37.9 Å². The summed E-state index contributed by atoms with van der Waals surface area (Å²) in [7, 11) is 3.79. The van der Waals surface area contributed by atoms with E-state index in [0.29, 0.717) is 6.04 Å². The molecule has 0 bridgehead atoms. The molecule has 1 aromatic carbocycles. The van der Waals surface area contributed by atoms with Crippen LogP contribution >= 0.6 is 0 Å². The van der Waals surface area contributed by atoms with Crippen LogP contribution in [0.25, 0.3) is 0 Å². The highest BCUT2D eigenvalue weighted by Crippen LogP contribution is 2.25. The Morgan fingerprint density at radius 1 is 1.12 bits per heavy atom. The lowest BCUT2D eigenvalue weighted by Crippen LogP contribution is -2.40. The minimum absolute atomic E-state index is 0.0933. The number of ether oxygens (including phenoxy) is 1. The SMILES string of the molecule is COc1ccc(C(C(C)N)N(C)C(C)C)cc1. The van der Waals surface area contributed by atoms with E-state index < -0.39 is 0 Å². The first kappa shape index (κ1) is 14.0. The molecule has 0 amide bonds. The summed E-state index contributed by atoms with van der Waals surface area (Å²) in [6.07, 6.45) is 0. The quantitative estimate of drug-likeness (QED) is 0.853. The molecule has 2 N–H and O–H groups in total. The molecule has 0 aromatic heterocycles. The minimum Gasteiger partial charge on any atom is -0.497 e. The Kier molecular flexibility index (Phi) is 4.97. The zero-order valence-electron chi connectivity index (χ0n) is 11.5. The Bertz CT molecular complexity index is 333. The average Bonchev–Trinajstić information content (AvgIpc) is 2.29. The van der Waals surface area contributed by atoms with E-state index in [1.54, 1.807) is 7.11 Å². The molecule has 3 nitrogen and oxygen atoms in total. The molecule has 3 heteroatoms. The van der Waals surface area contributed by atoms with Crippen molar-refractivity contribution in [1.82, 2.24) is 4.90 Å². The molecule has 0 radical (unpaired) electrons. The van der Waals surface area contributed by atoms with E-state index in [4.69, 9.17) is 10.5 Å². The van der Waals surface area contributed by atoms with Gasteiger partial charge in [0, 0.05) is 18.1 Å². The first-order chi connectivity index (χ1) is 7.97. The van der Waals surface area contributed by atoms with Gasteiger partial charge in [0.1, 0.15) is 5.75 Å². The summed E-state index contributed by atoms with van der Waals surface area (Å²) in [5.74, 6) is 0.879. The number of hydrogen-bond acceptors (Lipinski definition) is 3. The molecule has 0 heterocycles. The molecule has 0 spiro atoms. The third-order valence-electron chi connectivity index (χ3n) is 3.21. The van der Waals surface area contributed by atoms with Gasteiger partial charge in [-0.1, -0.05) is 12.1 Å². The molecule has 2 unspecified atom stereocenters. The number of rotatable bonds is 5. The summed E-state index contributed by atoms with van der Waals surface area (Å²) in [5, 5.41) is 0. The summed E-state index contributed by atoms with van der Waals surface area (Å²) >= 11 is 0. The van der Waals surface area contributed by atoms with Crippen LogP contribution in [0.2, 0.25) is 0 Å². The fraction of sp³-hybridized carbons (Fsp3) is 0.571. The largest absolute Gasteiger partial charge is 0.497 e. The normalized spacial score (nSPS) is 15.1. The smallest absolute Gasteiger partial charge is 0.118 e. The lowest BCUT2D eigenvalue weighted by Gasteiger charge is -2.34. The molecule has 96 valence electrons. The van der Waals surface area contributed by atoms with Gasteiger partial charge in [0.2, 0.25) is 0 Å². The number of benzene rings is 1. The van der Waals surface area contributed by atoms with Crippen molar-refractivity contribution in [3.63, 3.8) is 0 Å². The van der Waals surface area contributed by atoms with Gasteiger partial charge >= 0.3 is 0 Å². The summed E-state index contributed by atoms with van der Waals surface area (Å²) < 4.78 is 5.17. The van der Waals surface area contributed by atoms with Crippen LogP contribution < -0.4 is 10.5 Å². The predicted octanol–water partition coefficient (Wildman–Crippen LogP) is 2.42. The van der Waals surface area contributed by atoms with Gasteiger partial charge in [-0.05, 0) is 45.5 Å². The average molecular weight is 236 g/mol. The van der Waals surface area contributed by atoms with Crippen molar-refractivity contribution in [3.8, 4) is 5.75 Å². The minimum atomic E-state index is 0.0933. The van der Waals surface area contributed by atoms with Crippen LogP contribution in [0.15, 0.2) is 24.3 Å². The van der Waals surface area contributed by atoms with E-state index in [0.717, 1.165) is 5.75 Å². The van der Waals surface area contributed by atoms with Crippen molar-refractivity contribution in [3.05, 3.63) is 29.8 Å². The van der Waals surface area contributed by atoms with E-state index in [9.17, 15) is 0 Å². The topological polar surface area (TPSA) is 38.5 Å². The van der Waals surface area contributed by atoms with Crippen LogP contribution in [-0.4, -0.2) is 31.1 Å². The molecular weight excluding hydrogens is 212 g/mol. The van der Waals surface area contributed by atoms with Crippen molar-refractivity contribution in [2.75, 3.05) is 14.2 Å². The molecule has 0 saturated heterocycles. The Hall–Kier alpha value is -1.06. The molecular formula is C14H24N2O. The molecule has 1 aromatic rings. The van der Waals surface area contributed by atoms with Gasteiger partial charge in [0.15, 0.2) is 0 Å². The van der Waals surface area contributed by atoms with Crippen LogP contribution in [0, 0.1) is 0 Å². The lowest BCUT2D eigenvalue weighted by molar-refractivity contribution is 0.175. The van der Waals surface area contributed by atoms with Crippen LogP contribution in [-0.2, 0) is 0 Å². The third-order valence-corrected chi connectivity index (χ3v) is 3.21. The van der Waals surface area contributed by atoms with Crippen molar-refractivity contribution in [2.24, 2.45) is 5.73 Å². The maximum atomic E-state index is 6.11. The Morgan fingerprint density at radius 2 is 1.65 bits per heavy atom. The van der Waals surface area contributed by atoms with Crippen molar-refractivity contribution >= 4 is 0 Å². The van der Waals surface area contributed by atoms with Crippen molar-refractivity contribution in [2.45, 2.75) is 38.9 Å². The lowest BCUT2D eigenvalue weighted by atomic mass is 9.98. The highest BCUT2D eigenvalue weighted by Gasteiger charge is 2.22. The van der Waals surface area contributed by atoms with E-state index in [-0.39, 0.29) is 12.1 Å². The molecule has 0 aliphatic heterocycles. The predicted molar refractivity (Wildman–Crippen MR) is 72.3 cm³/mol. The highest BCUT2D eigenvalue weighted by atomic mass is 16.5. The molecule has 1 rings (SSSR count). The second-order valence-electron chi connectivity index (χ2n) is 4.84. The summed E-state index contributed by atoms with van der Waals surface area (Å²) in [6.45, 7) is 6.41. The van der Waals surface area contributed by atoms with E-state index >= 15 is 0 Å². The van der Waals surface area contributed by atoms with Crippen LogP contribution in [0.5, 0.6) is 5.75 Å². The van der Waals surface area contributed by atoms with Gasteiger partial charge in [0.25, 0.3) is 0 Å². The van der Waals surface area contributed by atoms with Gasteiger partial charge in [0.05, 0.1) is 7.11 Å². The van der Waals surface area contributed by atoms with E-state index in [1.807, 2.05) is 19.1 Å². The van der Waals surface area contributed by atoms with Gasteiger partial charge in [-0.3, -0.25) is 4.90 Å². The third kappa shape index (κ3) is 3.45. The molecule has 0 aliphatic carbocycles. The number of nitrogens with two attached hydrogens (primary N) is 1. The van der Waals surface area contributed by atoms with E-state index in [1.165, 1.54) is 5.56 Å². The second-order valence-corrected chi connectivity index (χ2v) is 4.84. The first-order valence-corrected chi connectivity index (χ1v) is 6.08. The maximum Gasteiger partial charge on any atom is 0.118 e. The summed E-state index contributed by atoms with van der Waals surface area (Å²) in [4.78, 5) is 2.30. The summed E-state index contributed by atoms with van der Waals surface area (Å²) in [6, 6.07) is 8.94. The fourth-order valence-corrected chi connectivity index (χ4v) is 2.03. The molecule has 0 saturated carbocycles. The van der Waals surface area contributed by atoms with Crippen molar-refractivity contribution in [1.29, 1.82) is 0 Å².